The standard InChI is InChI=1S/C16H17NO4/c1-8(2)4-10(17)5-14-9(3)12-6-11(18)7-13(19)15(12)16(20)21-14/h4-7,18-19H,17H2,1-3H3/b10-5+. The molecule has 0 radical (unpaired) electrons. The van der Waals surface area contributed by atoms with Crippen molar-refractivity contribution >= 4 is 16.8 Å². The van der Waals surface area contributed by atoms with Gasteiger partial charge in [0.05, 0.1) is 0 Å². The topological polar surface area (TPSA) is 96.7 Å². The molecule has 0 unspecified atom stereocenters. The van der Waals surface area contributed by atoms with Crippen molar-refractivity contribution in [2.75, 3.05) is 0 Å². The van der Waals surface area contributed by atoms with E-state index < -0.39 is 5.63 Å². The SMILES string of the molecule is CC(C)=C/C(N)=C\c1oc(=O)c2c(O)cc(O)cc2c1C. The number of rotatable bonds is 2. The summed E-state index contributed by atoms with van der Waals surface area (Å²) in [6.45, 7) is 5.53. The van der Waals surface area contributed by atoms with Crippen molar-refractivity contribution in [1.29, 1.82) is 0 Å². The summed E-state index contributed by atoms with van der Waals surface area (Å²) in [5, 5.41) is 19.8. The molecule has 0 bridgehead atoms. The zero-order chi connectivity index (χ0) is 15.7. The van der Waals surface area contributed by atoms with Crippen molar-refractivity contribution in [2.24, 2.45) is 5.73 Å². The summed E-state index contributed by atoms with van der Waals surface area (Å²) >= 11 is 0. The molecule has 0 saturated heterocycles. The lowest BCUT2D eigenvalue weighted by atomic mass is 10.0. The third kappa shape index (κ3) is 2.91. The van der Waals surface area contributed by atoms with E-state index >= 15 is 0 Å². The highest BCUT2D eigenvalue weighted by Gasteiger charge is 2.14. The van der Waals surface area contributed by atoms with Crippen LogP contribution in [0.3, 0.4) is 0 Å². The molecule has 0 amide bonds. The molecular formula is C16H17NO4. The van der Waals surface area contributed by atoms with E-state index in [2.05, 4.69) is 0 Å². The first kappa shape index (κ1) is 14.7. The lowest BCUT2D eigenvalue weighted by Gasteiger charge is -2.07. The second kappa shape index (κ2) is 5.36. The molecule has 1 heterocycles. The van der Waals surface area contributed by atoms with Crippen LogP contribution in [0.2, 0.25) is 0 Å². The van der Waals surface area contributed by atoms with E-state index in [0.29, 0.717) is 22.4 Å². The van der Waals surface area contributed by atoms with E-state index in [-0.39, 0.29) is 16.9 Å². The molecule has 0 spiro atoms. The van der Waals surface area contributed by atoms with Crippen LogP contribution in [-0.2, 0) is 0 Å². The molecule has 0 atom stereocenters. The predicted molar refractivity (Wildman–Crippen MR) is 82.1 cm³/mol. The molecule has 5 heteroatoms. The van der Waals surface area contributed by atoms with Gasteiger partial charge in [-0.25, -0.2) is 4.79 Å². The van der Waals surface area contributed by atoms with E-state index in [9.17, 15) is 15.0 Å². The van der Waals surface area contributed by atoms with E-state index in [1.807, 2.05) is 13.8 Å². The molecule has 0 aliphatic carbocycles. The third-order valence-corrected chi connectivity index (χ3v) is 3.04. The van der Waals surface area contributed by atoms with Crippen LogP contribution in [0.4, 0.5) is 0 Å². The summed E-state index contributed by atoms with van der Waals surface area (Å²) in [5.74, 6) is -0.136. The Bertz CT molecular complexity index is 824. The normalized spacial score (nSPS) is 11.7. The van der Waals surface area contributed by atoms with Gasteiger partial charge < -0.3 is 20.4 Å². The fourth-order valence-electron chi connectivity index (χ4n) is 2.15. The fraction of sp³-hybridized carbons (Fsp3) is 0.188. The van der Waals surface area contributed by atoms with E-state index in [1.165, 1.54) is 6.07 Å². The molecule has 2 aromatic rings. The average Bonchev–Trinajstić information content (AvgIpc) is 2.33. The second-order valence-electron chi connectivity index (χ2n) is 5.13. The zero-order valence-corrected chi connectivity index (χ0v) is 12.1. The van der Waals surface area contributed by atoms with Crippen molar-refractivity contribution < 1.29 is 14.6 Å². The van der Waals surface area contributed by atoms with Crippen LogP contribution in [-0.4, -0.2) is 10.2 Å². The Balaban J connectivity index is 2.77. The number of hydrogen-bond donors (Lipinski definition) is 3. The van der Waals surface area contributed by atoms with Gasteiger partial charge in [-0.05, 0) is 32.9 Å². The van der Waals surface area contributed by atoms with Gasteiger partial charge in [0.25, 0.3) is 0 Å². The summed E-state index contributed by atoms with van der Waals surface area (Å²) in [7, 11) is 0. The van der Waals surface area contributed by atoms with Gasteiger partial charge in [0.1, 0.15) is 22.6 Å². The molecule has 4 N–H and O–H groups in total. The highest BCUT2D eigenvalue weighted by atomic mass is 16.4. The summed E-state index contributed by atoms with van der Waals surface area (Å²) in [6, 6.07) is 2.52. The Morgan fingerprint density at radius 3 is 2.57 bits per heavy atom. The van der Waals surface area contributed by atoms with Crippen molar-refractivity contribution in [3.05, 3.63) is 51.2 Å². The number of phenols is 2. The van der Waals surface area contributed by atoms with Crippen LogP contribution in [0.25, 0.3) is 16.8 Å². The predicted octanol–water partition coefficient (Wildman–Crippen LogP) is 2.78. The molecule has 2 rings (SSSR count). The number of hydrogen-bond acceptors (Lipinski definition) is 5. The smallest absolute Gasteiger partial charge is 0.347 e. The second-order valence-corrected chi connectivity index (χ2v) is 5.13. The number of aromatic hydroxyl groups is 2. The monoisotopic (exact) mass is 287 g/mol. The molecule has 21 heavy (non-hydrogen) atoms. The first-order valence-corrected chi connectivity index (χ1v) is 6.41. The van der Waals surface area contributed by atoms with Crippen LogP contribution in [0, 0.1) is 6.92 Å². The Hall–Kier alpha value is -2.69. The van der Waals surface area contributed by atoms with Crippen LogP contribution in [0.15, 0.2) is 38.7 Å². The van der Waals surface area contributed by atoms with E-state index in [4.69, 9.17) is 10.2 Å². The Labute approximate surface area is 121 Å². The summed E-state index contributed by atoms with van der Waals surface area (Å²) in [4.78, 5) is 12.0. The number of nitrogens with two attached hydrogens (primary N) is 1. The van der Waals surface area contributed by atoms with Gasteiger partial charge in [-0.2, -0.15) is 0 Å². The highest BCUT2D eigenvalue weighted by Crippen LogP contribution is 2.31. The Kier molecular flexibility index (Phi) is 3.76. The Morgan fingerprint density at radius 1 is 1.29 bits per heavy atom. The van der Waals surface area contributed by atoms with Gasteiger partial charge in [0, 0.05) is 28.8 Å². The van der Waals surface area contributed by atoms with Crippen molar-refractivity contribution in [1.82, 2.24) is 0 Å². The van der Waals surface area contributed by atoms with Crippen molar-refractivity contribution in [3.8, 4) is 11.5 Å². The lowest BCUT2D eigenvalue weighted by Crippen LogP contribution is -2.04. The fourth-order valence-corrected chi connectivity index (χ4v) is 2.15. The number of fused-ring (bicyclic) bond motifs is 1. The molecule has 1 aromatic carbocycles. The minimum Gasteiger partial charge on any atom is -0.508 e. The quantitative estimate of drug-likeness (QED) is 0.738. The van der Waals surface area contributed by atoms with Crippen LogP contribution < -0.4 is 11.4 Å². The third-order valence-electron chi connectivity index (χ3n) is 3.04. The van der Waals surface area contributed by atoms with Crippen LogP contribution >= 0.6 is 0 Å². The van der Waals surface area contributed by atoms with Crippen molar-refractivity contribution in [2.45, 2.75) is 20.8 Å². The maximum atomic E-state index is 12.0. The van der Waals surface area contributed by atoms with Gasteiger partial charge in [-0.1, -0.05) is 5.57 Å². The molecule has 110 valence electrons. The summed E-state index contributed by atoms with van der Waals surface area (Å²) in [5.41, 5.74) is 7.25. The van der Waals surface area contributed by atoms with Gasteiger partial charge in [0.15, 0.2) is 0 Å². The lowest BCUT2D eigenvalue weighted by molar-refractivity contribution is 0.450. The molecule has 0 aliphatic rings. The highest BCUT2D eigenvalue weighted by molar-refractivity contribution is 5.92. The Morgan fingerprint density at radius 2 is 1.95 bits per heavy atom. The largest absolute Gasteiger partial charge is 0.508 e. The minimum absolute atomic E-state index is 0.0447. The maximum absolute atomic E-state index is 12.0. The number of aryl methyl sites for hydroxylation is 1. The summed E-state index contributed by atoms with van der Waals surface area (Å²) < 4.78 is 5.21. The molecule has 1 aromatic heterocycles. The molecular weight excluding hydrogens is 270 g/mol. The van der Waals surface area contributed by atoms with Gasteiger partial charge >= 0.3 is 5.63 Å². The maximum Gasteiger partial charge on any atom is 0.347 e. The van der Waals surface area contributed by atoms with Crippen molar-refractivity contribution in [3.63, 3.8) is 0 Å². The molecule has 5 nitrogen and oxygen atoms in total. The van der Waals surface area contributed by atoms with Crippen LogP contribution in [0.1, 0.15) is 25.2 Å². The van der Waals surface area contributed by atoms with Gasteiger partial charge in [-0.15, -0.1) is 0 Å². The zero-order valence-electron chi connectivity index (χ0n) is 12.1. The first-order valence-electron chi connectivity index (χ1n) is 6.41. The molecule has 0 aliphatic heterocycles. The van der Waals surface area contributed by atoms with E-state index in [1.54, 1.807) is 19.1 Å². The first-order chi connectivity index (χ1) is 9.79. The minimum atomic E-state index is -0.677. The molecule has 0 fully saturated rings. The van der Waals surface area contributed by atoms with Gasteiger partial charge in [-0.3, -0.25) is 0 Å². The van der Waals surface area contributed by atoms with Crippen LogP contribution in [0.5, 0.6) is 11.5 Å². The van der Waals surface area contributed by atoms with E-state index in [0.717, 1.165) is 11.6 Å². The average molecular weight is 287 g/mol. The number of allylic oxidation sites excluding steroid dienone is 2. The number of benzene rings is 1. The number of phenolic OH excluding ortho intramolecular Hbond substituents is 2. The summed E-state index contributed by atoms with van der Waals surface area (Å²) in [6.07, 6.45) is 3.30. The molecule has 0 saturated carbocycles. The van der Waals surface area contributed by atoms with Gasteiger partial charge in [0.2, 0.25) is 0 Å².